The second-order valence-corrected chi connectivity index (χ2v) is 5.46. The molecule has 0 spiro atoms. The number of benzene rings is 2. The van der Waals surface area contributed by atoms with Crippen LogP contribution in [-0.2, 0) is 0 Å². The van der Waals surface area contributed by atoms with Gasteiger partial charge >= 0.3 is 0 Å². The van der Waals surface area contributed by atoms with Crippen LogP contribution >= 0.6 is 15.9 Å². The maximum atomic E-state index is 13.3. The van der Waals surface area contributed by atoms with E-state index in [2.05, 4.69) is 20.9 Å². The van der Waals surface area contributed by atoms with Crippen molar-refractivity contribution in [3.8, 4) is 0 Å². The second kappa shape index (κ2) is 5.31. The Morgan fingerprint density at radius 1 is 1.05 bits per heavy atom. The van der Waals surface area contributed by atoms with Gasteiger partial charge in [-0.05, 0) is 57.4 Å². The van der Waals surface area contributed by atoms with Gasteiger partial charge in [-0.2, -0.15) is 0 Å². The van der Waals surface area contributed by atoms with Crippen molar-refractivity contribution in [1.82, 2.24) is 4.98 Å². The van der Waals surface area contributed by atoms with Gasteiger partial charge in [-0.25, -0.2) is 4.39 Å². The fourth-order valence-corrected chi connectivity index (χ4v) is 2.58. The van der Waals surface area contributed by atoms with Crippen LogP contribution in [0.5, 0.6) is 0 Å². The number of nitrogens with two attached hydrogens (primary N) is 1. The zero-order valence-corrected chi connectivity index (χ0v) is 12.1. The molecule has 2 N–H and O–H groups in total. The molecule has 1 aromatic heterocycles. The topological polar surface area (TPSA) is 38.9 Å². The number of halogens is 2. The van der Waals surface area contributed by atoms with E-state index in [-0.39, 0.29) is 11.9 Å². The predicted molar refractivity (Wildman–Crippen MR) is 81.9 cm³/mol. The lowest BCUT2D eigenvalue weighted by Gasteiger charge is -2.14. The van der Waals surface area contributed by atoms with Gasteiger partial charge in [-0.3, -0.25) is 4.98 Å². The van der Waals surface area contributed by atoms with E-state index in [0.29, 0.717) is 4.47 Å². The van der Waals surface area contributed by atoms with Gasteiger partial charge < -0.3 is 5.73 Å². The molecule has 0 saturated carbocycles. The predicted octanol–water partition coefficient (Wildman–Crippen LogP) is 4.18. The largest absolute Gasteiger partial charge is 0.320 e. The van der Waals surface area contributed by atoms with Gasteiger partial charge in [-0.15, -0.1) is 0 Å². The zero-order chi connectivity index (χ0) is 14.1. The van der Waals surface area contributed by atoms with Crippen LogP contribution in [0.2, 0.25) is 0 Å². The Morgan fingerprint density at radius 2 is 1.80 bits per heavy atom. The van der Waals surface area contributed by atoms with Crippen molar-refractivity contribution in [3.05, 3.63) is 76.1 Å². The highest BCUT2D eigenvalue weighted by Crippen LogP contribution is 2.26. The smallest absolute Gasteiger partial charge is 0.137 e. The lowest BCUT2D eigenvalue weighted by Crippen LogP contribution is -2.12. The minimum atomic E-state index is -0.295. The number of pyridine rings is 1. The summed E-state index contributed by atoms with van der Waals surface area (Å²) in [5.74, 6) is -0.288. The van der Waals surface area contributed by atoms with Gasteiger partial charge in [0.25, 0.3) is 0 Å². The molecular formula is C16H12BrFN2. The Balaban J connectivity index is 2.02. The Bertz CT molecular complexity index is 773. The number of hydrogen-bond acceptors (Lipinski definition) is 2. The van der Waals surface area contributed by atoms with Crippen LogP contribution < -0.4 is 5.73 Å². The summed E-state index contributed by atoms with van der Waals surface area (Å²) in [6.07, 6.45) is 1.76. The van der Waals surface area contributed by atoms with Crippen molar-refractivity contribution in [1.29, 1.82) is 0 Å². The van der Waals surface area contributed by atoms with E-state index < -0.39 is 0 Å². The SMILES string of the molecule is NC(c1ccc(F)c(Br)c1)c1ccc2ncccc2c1. The fraction of sp³-hybridized carbons (Fsp3) is 0.0625. The van der Waals surface area contributed by atoms with E-state index in [1.807, 2.05) is 30.3 Å². The third-order valence-electron chi connectivity index (χ3n) is 3.29. The molecule has 1 atom stereocenters. The minimum absolute atomic E-state index is 0.288. The fourth-order valence-electron chi connectivity index (χ4n) is 2.19. The molecule has 0 fully saturated rings. The summed E-state index contributed by atoms with van der Waals surface area (Å²) < 4.78 is 13.7. The standard InChI is InChI=1S/C16H12BrFN2/c17-13-9-12(3-5-14(13)18)16(19)11-4-6-15-10(8-11)2-1-7-20-15/h1-9,16H,19H2. The minimum Gasteiger partial charge on any atom is -0.320 e. The summed E-state index contributed by atoms with van der Waals surface area (Å²) in [5, 5.41) is 1.04. The van der Waals surface area contributed by atoms with Crippen molar-refractivity contribution in [2.24, 2.45) is 5.73 Å². The molecule has 0 aliphatic carbocycles. The van der Waals surface area contributed by atoms with E-state index in [4.69, 9.17) is 5.73 Å². The van der Waals surface area contributed by atoms with Crippen LogP contribution in [-0.4, -0.2) is 4.98 Å². The number of rotatable bonds is 2. The van der Waals surface area contributed by atoms with Crippen LogP contribution in [0.3, 0.4) is 0 Å². The average Bonchev–Trinajstić information content (AvgIpc) is 2.49. The van der Waals surface area contributed by atoms with Gasteiger partial charge in [0, 0.05) is 11.6 Å². The molecule has 4 heteroatoms. The Morgan fingerprint density at radius 3 is 2.60 bits per heavy atom. The molecule has 0 amide bonds. The van der Waals surface area contributed by atoms with Gasteiger partial charge in [-0.1, -0.05) is 18.2 Å². The normalized spacial score (nSPS) is 12.6. The third kappa shape index (κ3) is 2.44. The quantitative estimate of drug-likeness (QED) is 0.765. The number of fused-ring (bicyclic) bond motifs is 1. The first-order valence-electron chi connectivity index (χ1n) is 6.20. The first kappa shape index (κ1) is 13.2. The Kier molecular flexibility index (Phi) is 3.51. The molecular weight excluding hydrogens is 319 g/mol. The molecule has 0 saturated heterocycles. The third-order valence-corrected chi connectivity index (χ3v) is 3.90. The lowest BCUT2D eigenvalue weighted by molar-refractivity contribution is 0.619. The van der Waals surface area contributed by atoms with E-state index >= 15 is 0 Å². The van der Waals surface area contributed by atoms with Crippen LogP contribution in [0.25, 0.3) is 10.9 Å². The lowest BCUT2D eigenvalue weighted by atomic mass is 9.98. The molecule has 3 rings (SSSR count). The molecule has 0 aliphatic heterocycles. The van der Waals surface area contributed by atoms with Crippen LogP contribution in [0.4, 0.5) is 4.39 Å². The Hall–Kier alpha value is -1.78. The second-order valence-electron chi connectivity index (χ2n) is 4.61. The van der Waals surface area contributed by atoms with Crippen LogP contribution in [0.1, 0.15) is 17.2 Å². The molecule has 2 nitrogen and oxygen atoms in total. The molecule has 2 aromatic carbocycles. The molecule has 1 unspecified atom stereocenters. The van der Waals surface area contributed by atoms with Gasteiger partial charge in [0.05, 0.1) is 16.0 Å². The summed E-state index contributed by atoms with van der Waals surface area (Å²) in [6.45, 7) is 0. The summed E-state index contributed by atoms with van der Waals surface area (Å²) in [5.41, 5.74) is 9.04. The van der Waals surface area contributed by atoms with Gasteiger partial charge in [0.15, 0.2) is 0 Å². The molecule has 1 heterocycles. The first-order chi connectivity index (χ1) is 9.65. The maximum Gasteiger partial charge on any atom is 0.137 e. The molecule has 0 radical (unpaired) electrons. The number of nitrogens with zero attached hydrogens (tertiary/aromatic N) is 1. The summed E-state index contributed by atoms with van der Waals surface area (Å²) >= 11 is 3.19. The van der Waals surface area contributed by atoms with E-state index in [1.54, 1.807) is 18.3 Å². The van der Waals surface area contributed by atoms with Crippen molar-refractivity contribution < 1.29 is 4.39 Å². The molecule has 0 aliphatic rings. The number of hydrogen-bond donors (Lipinski definition) is 1. The van der Waals surface area contributed by atoms with Crippen LogP contribution in [0, 0.1) is 5.82 Å². The number of aromatic nitrogens is 1. The van der Waals surface area contributed by atoms with Gasteiger partial charge in [0.2, 0.25) is 0 Å². The molecule has 20 heavy (non-hydrogen) atoms. The summed E-state index contributed by atoms with van der Waals surface area (Å²) in [4.78, 5) is 4.28. The summed E-state index contributed by atoms with van der Waals surface area (Å²) in [7, 11) is 0. The average molecular weight is 331 g/mol. The Labute approximate surface area is 124 Å². The molecule has 100 valence electrons. The van der Waals surface area contributed by atoms with Crippen molar-refractivity contribution in [2.75, 3.05) is 0 Å². The highest BCUT2D eigenvalue weighted by molar-refractivity contribution is 9.10. The molecule has 3 aromatic rings. The van der Waals surface area contributed by atoms with Crippen molar-refractivity contribution in [3.63, 3.8) is 0 Å². The van der Waals surface area contributed by atoms with E-state index in [1.165, 1.54) is 6.07 Å². The zero-order valence-electron chi connectivity index (χ0n) is 10.6. The summed E-state index contributed by atoms with van der Waals surface area (Å²) in [6, 6.07) is 14.4. The molecule has 0 bridgehead atoms. The highest BCUT2D eigenvalue weighted by Gasteiger charge is 2.11. The monoisotopic (exact) mass is 330 g/mol. The first-order valence-corrected chi connectivity index (χ1v) is 6.99. The maximum absolute atomic E-state index is 13.3. The van der Waals surface area contributed by atoms with Crippen molar-refractivity contribution >= 4 is 26.8 Å². The highest BCUT2D eigenvalue weighted by atomic mass is 79.9. The van der Waals surface area contributed by atoms with Crippen molar-refractivity contribution in [2.45, 2.75) is 6.04 Å². The van der Waals surface area contributed by atoms with E-state index in [9.17, 15) is 4.39 Å². The van der Waals surface area contributed by atoms with Gasteiger partial charge in [0.1, 0.15) is 5.82 Å². The van der Waals surface area contributed by atoms with E-state index in [0.717, 1.165) is 22.0 Å². The van der Waals surface area contributed by atoms with Crippen LogP contribution in [0.15, 0.2) is 59.2 Å².